The van der Waals surface area contributed by atoms with E-state index in [-0.39, 0.29) is 11.3 Å². The third-order valence-corrected chi connectivity index (χ3v) is 3.71. The standard InChI is InChI=1S/C20H18FN3O2/c1-4-13-8-7-9-15(19(13)21)24-20-14-10-17(25-5-2)18(26-6-3)11-16(14)22-12-23-20/h1,7-12H,5-6H2,2-3H3,(H,22,23,24). The van der Waals surface area contributed by atoms with Gasteiger partial charge in [0.25, 0.3) is 0 Å². The molecule has 0 fully saturated rings. The SMILES string of the molecule is C#Cc1cccc(Nc2ncnc3cc(OCC)c(OCC)cc23)c1F. The van der Waals surface area contributed by atoms with E-state index in [9.17, 15) is 4.39 Å². The van der Waals surface area contributed by atoms with Crippen LogP contribution < -0.4 is 14.8 Å². The van der Waals surface area contributed by atoms with E-state index < -0.39 is 5.82 Å². The average Bonchev–Trinajstić information content (AvgIpc) is 2.65. The number of hydrogen-bond acceptors (Lipinski definition) is 5. The number of nitrogens with zero attached hydrogens (tertiary/aromatic N) is 2. The highest BCUT2D eigenvalue weighted by molar-refractivity contribution is 5.93. The molecule has 5 nitrogen and oxygen atoms in total. The van der Waals surface area contributed by atoms with Gasteiger partial charge in [0.15, 0.2) is 17.3 Å². The van der Waals surface area contributed by atoms with Crippen molar-refractivity contribution in [2.75, 3.05) is 18.5 Å². The van der Waals surface area contributed by atoms with Crippen molar-refractivity contribution < 1.29 is 13.9 Å². The Morgan fingerprint density at radius 1 is 1.12 bits per heavy atom. The molecule has 0 aliphatic rings. The molecule has 3 rings (SSSR count). The van der Waals surface area contributed by atoms with Crippen LogP contribution >= 0.6 is 0 Å². The maximum Gasteiger partial charge on any atom is 0.163 e. The van der Waals surface area contributed by atoms with E-state index in [1.54, 1.807) is 30.3 Å². The molecule has 0 atom stereocenters. The zero-order chi connectivity index (χ0) is 18.5. The van der Waals surface area contributed by atoms with E-state index >= 15 is 0 Å². The topological polar surface area (TPSA) is 56.3 Å². The second-order valence-electron chi connectivity index (χ2n) is 5.34. The molecule has 0 aliphatic carbocycles. The van der Waals surface area contributed by atoms with Crippen molar-refractivity contribution in [3.63, 3.8) is 0 Å². The summed E-state index contributed by atoms with van der Waals surface area (Å²) < 4.78 is 25.7. The Kier molecular flexibility index (Phi) is 5.18. The third-order valence-electron chi connectivity index (χ3n) is 3.71. The predicted molar refractivity (Wildman–Crippen MR) is 99.5 cm³/mol. The fraction of sp³-hybridized carbons (Fsp3) is 0.200. The fourth-order valence-corrected chi connectivity index (χ4v) is 2.57. The summed E-state index contributed by atoms with van der Waals surface area (Å²) in [5, 5.41) is 3.68. The van der Waals surface area contributed by atoms with Gasteiger partial charge in [0.1, 0.15) is 12.1 Å². The minimum absolute atomic E-state index is 0.182. The lowest BCUT2D eigenvalue weighted by atomic mass is 10.1. The Morgan fingerprint density at radius 3 is 2.54 bits per heavy atom. The van der Waals surface area contributed by atoms with E-state index in [0.717, 1.165) is 0 Å². The second-order valence-corrected chi connectivity index (χ2v) is 5.34. The minimum atomic E-state index is -0.502. The van der Waals surface area contributed by atoms with E-state index in [1.807, 2.05) is 13.8 Å². The average molecular weight is 351 g/mol. The molecule has 26 heavy (non-hydrogen) atoms. The summed E-state index contributed by atoms with van der Waals surface area (Å²) in [4.78, 5) is 8.51. The molecule has 6 heteroatoms. The van der Waals surface area contributed by atoms with Crippen LogP contribution in [0.4, 0.5) is 15.9 Å². The second kappa shape index (κ2) is 7.70. The van der Waals surface area contributed by atoms with Crippen molar-refractivity contribution in [1.29, 1.82) is 0 Å². The molecule has 3 aromatic rings. The number of terminal acetylenes is 1. The van der Waals surface area contributed by atoms with Crippen molar-refractivity contribution in [3.05, 3.63) is 48.0 Å². The molecule has 0 bridgehead atoms. The van der Waals surface area contributed by atoms with Crippen LogP contribution in [0.1, 0.15) is 19.4 Å². The molecular weight excluding hydrogens is 333 g/mol. The van der Waals surface area contributed by atoms with Gasteiger partial charge in [0.05, 0.1) is 30.0 Å². The van der Waals surface area contributed by atoms with Gasteiger partial charge in [-0.05, 0) is 32.0 Å². The number of nitrogens with one attached hydrogen (secondary N) is 1. The Morgan fingerprint density at radius 2 is 1.85 bits per heavy atom. The first kappa shape index (κ1) is 17.5. The van der Waals surface area contributed by atoms with E-state index in [1.165, 1.54) is 6.33 Å². The molecule has 0 spiro atoms. The number of rotatable bonds is 6. The molecule has 132 valence electrons. The van der Waals surface area contributed by atoms with Gasteiger partial charge in [-0.1, -0.05) is 12.0 Å². The largest absolute Gasteiger partial charge is 0.490 e. The first-order valence-electron chi connectivity index (χ1n) is 8.24. The summed E-state index contributed by atoms with van der Waals surface area (Å²) in [6.45, 7) is 4.78. The molecule has 1 aromatic heterocycles. The molecule has 0 saturated carbocycles. The van der Waals surface area contributed by atoms with Crippen molar-refractivity contribution in [3.8, 4) is 23.8 Å². The van der Waals surface area contributed by atoms with Gasteiger partial charge in [-0.25, -0.2) is 14.4 Å². The zero-order valence-electron chi connectivity index (χ0n) is 14.5. The first-order valence-corrected chi connectivity index (χ1v) is 8.24. The Labute approximate surface area is 151 Å². The van der Waals surface area contributed by atoms with Crippen molar-refractivity contribution in [2.24, 2.45) is 0 Å². The predicted octanol–water partition coefficient (Wildman–Crippen LogP) is 4.29. The molecule has 0 saturated heterocycles. The van der Waals surface area contributed by atoms with Crippen molar-refractivity contribution >= 4 is 22.4 Å². The highest BCUT2D eigenvalue weighted by atomic mass is 19.1. The molecule has 1 N–H and O–H groups in total. The number of anilines is 2. The first-order chi connectivity index (χ1) is 12.7. The number of ether oxygens (including phenoxy) is 2. The maximum absolute atomic E-state index is 14.4. The molecule has 0 unspecified atom stereocenters. The van der Waals surface area contributed by atoms with Gasteiger partial charge >= 0.3 is 0 Å². The monoisotopic (exact) mass is 351 g/mol. The summed E-state index contributed by atoms with van der Waals surface area (Å²) in [5.74, 6) is 3.46. The van der Waals surface area contributed by atoms with Crippen LogP contribution in [0, 0.1) is 18.2 Å². The summed E-state index contributed by atoms with van der Waals surface area (Å²) in [6, 6.07) is 8.39. The minimum Gasteiger partial charge on any atom is -0.490 e. The maximum atomic E-state index is 14.4. The van der Waals surface area contributed by atoms with Gasteiger partial charge in [-0.2, -0.15) is 0 Å². The molecule has 0 aliphatic heterocycles. The lowest BCUT2D eigenvalue weighted by Crippen LogP contribution is -2.02. The highest BCUT2D eigenvalue weighted by Gasteiger charge is 2.14. The number of halogens is 1. The summed E-state index contributed by atoms with van der Waals surface area (Å²) in [5.41, 5.74) is 1.08. The summed E-state index contributed by atoms with van der Waals surface area (Å²) in [7, 11) is 0. The summed E-state index contributed by atoms with van der Waals surface area (Å²) in [6.07, 6.45) is 6.73. The Balaban J connectivity index is 2.09. The molecular formula is C20H18FN3O2. The molecule has 0 amide bonds. The smallest absolute Gasteiger partial charge is 0.163 e. The molecule has 0 radical (unpaired) electrons. The van der Waals surface area contributed by atoms with Crippen LogP contribution in [0.2, 0.25) is 0 Å². The summed E-state index contributed by atoms with van der Waals surface area (Å²) >= 11 is 0. The quantitative estimate of drug-likeness (QED) is 0.672. The van der Waals surface area contributed by atoms with Gasteiger partial charge in [-0.15, -0.1) is 6.42 Å². The van der Waals surface area contributed by atoms with Gasteiger partial charge in [-0.3, -0.25) is 0 Å². The van der Waals surface area contributed by atoms with Gasteiger partial charge in [0, 0.05) is 11.5 Å². The number of benzene rings is 2. The number of aromatic nitrogens is 2. The Bertz CT molecular complexity index is 983. The normalized spacial score (nSPS) is 10.4. The van der Waals surface area contributed by atoms with Crippen LogP contribution in [0.5, 0.6) is 11.5 Å². The van der Waals surface area contributed by atoms with Crippen LogP contribution in [-0.4, -0.2) is 23.2 Å². The van der Waals surface area contributed by atoms with E-state index in [2.05, 4.69) is 21.2 Å². The van der Waals surface area contributed by atoms with E-state index in [0.29, 0.717) is 41.4 Å². The Hall–Kier alpha value is -3.33. The molecule has 1 heterocycles. The van der Waals surface area contributed by atoms with Crippen LogP contribution in [0.3, 0.4) is 0 Å². The van der Waals surface area contributed by atoms with Crippen molar-refractivity contribution in [1.82, 2.24) is 9.97 Å². The molecule has 2 aromatic carbocycles. The van der Waals surface area contributed by atoms with Crippen molar-refractivity contribution in [2.45, 2.75) is 13.8 Å². The van der Waals surface area contributed by atoms with Crippen LogP contribution in [-0.2, 0) is 0 Å². The van der Waals surface area contributed by atoms with Crippen LogP contribution in [0.25, 0.3) is 10.9 Å². The van der Waals surface area contributed by atoms with E-state index in [4.69, 9.17) is 15.9 Å². The van der Waals surface area contributed by atoms with Gasteiger partial charge < -0.3 is 14.8 Å². The fourth-order valence-electron chi connectivity index (χ4n) is 2.57. The lowest BCUT2D eigenvalue weighted by molar-refractivity contribution is 0.288. The van der Waals surface area contributed by atoms with Gasteiger partial charge in [0.2, 0.25) is 0 Å². The highest BCUT2D eigenvalue weighted by Crippen LogP contribution is 2.35. The third kappa shape index (κ3) is 3.38. The number of fused-ring (bicyclic) bond motifs is 1. The zero-order valence-corrected chi connectivity index (χ0v) is 14.5. The lowest BCUT2D eigenvalue weighted by Gasteiger charge is -2.14. The van der Waals surface area contributed by atoms with Crippen LogP contribution in [0.15, 0.2) is 36.7 Å². The number of hydrogen-bond donors (Lipinski definition) is 1.